The summed E-state index contributed by atoms with van der Waals surface area (Å²) in [6.45, 7) is 1.65. The zero-order chi connectivity index (χ0) is 18.5. The lowest BCUT2D eigenvalue weighted by Crippen LogP contribution is -2.38. The second-order valence-corrected chi connectivity index (χ2v) is 6.73. The van der Waals surface area contributed by atoms with Crippen LogP contribution in [0.3, 0.4) is 0 Å². The van der Waals surface area contributed by atoms with E-state index in [9.17, 15) is 4.79 Å². The number of nitrogens with zero attached hydrogens (tertiary/aromatic N) is 1. The molecule has 1 fully saturated rings. The predicted octanol–water partition coefficient (Wildman–Crippen LogP) is 4.21. The minimum Gasteiger partial charge on any atom is -0.497 e. The Bertz CT molecular complexity index is 773. The SMILES string of the molecule is COc1ccc(OC)c(NC(=O)C2CCN(c3cccc(Cl)c3)CC2)c1. The number of rotatable bonds is 5. The molecular weight excluding hydrogens is 352 g/mol. The van der Waals surface area contributed by atoms with E-state index in [1.54, 1.807) is 32.4 Å². The molecule has 3 rings (SSSR count). The van der Waals surface area contributed by atoms with Crippen LogP contribution in [0.25, 0.3) is 0 Å². The second-order valence-electron chi connectivity index (χ2n) is 6.30. The number of hydrogen-bond donors (Lipinski definition) is 1. The molecule has 0 bridgehead atoms. The number of amides is 1. The Morgan fingerprint density at radius 3 is 2.54 bits per heavy atom. The third kappa shape index (κ3) is 4.22. The molecule has 1 heterocycles. The van der Waals surface area contributed by atoms with Crippen LogP contribution in [-0.2, 0) is 4.79 Å². The lowest BCUT2D eigenvalue weighted by Gasteiger charge is -2.33. The van der Waals surface area contributed by atoms with Crippen LogP contribution in [0.4, 0.5) is 11.4 Å². The molecule has 2 aromatic rings. The van der Waals surface area contributed by atoms with Gasteiger partial charge in [-0.15, -0.1) is 0 Å². The highest BCUT2D eigenvalue weighted by Gasteiger charge is 2.26. The number of nitrogens with one attached hydrogen (secondary N) is 1. The van der Waals surface area contributed by atoms with E-state index in [4.69, 9.17) is 21.1 Å². The molecule has 0 aliphatic carbocycles. The molecule has 0 atom stereocenters. The van der Waals surface area contributed by atoms with E-state index in [2.05, 4.69) is 10.2 Å². The van der Waals surface area contributed by atoms with Crippen LogP contribution in [0.2, 0.25) is 5.02 Å². The first-order valence-electron chi connectivity index (χ1n) is 8.64. The van der Waals surface area contributed by atoms with E-state index in [0.29, 0.717) is 17.2 Å². The van der Waals surface area contributed by atoms with Gasteiger partial charge >= 0.3 is 0 Å². The molecule has 0 saturated carbocycles. The Morgan fingerprint density at radius 1 is 1.12 bits per heavy atom. The van der Waals surface area contributed by atoms with Gasteiger partial charge in [-0.3, -0.25) is 4.79 Å². The summed E-state index contributed by atoms with van der Waals surface area (Å²) in [5, 5.41) is 3.72. The first-order valence-corrected chi connectivity index (χ1v) is 9.02. The van der Waals surface area contributed by atoms with Crippen molar-refractivity contribution in [3.05, 3.63) is 47.5 Å². The summed E-state index contributed by atoms with van der Waals surface area (Å²) in [5.41, 5.74) is 1.74. The molecular formula is C20H23ClN2O3. The molecule has 1 saturated heterocycles. The number of hydrogen-bond acceptors (Lipinski definition) is 4. The van der Waals surface area contributed by atoms with Gasteiger partial charge in [0.25, 0.3) is 0 Å². The molecule has 0 unspecified atom stereocenters. The molecule has 26 heavy (non-hydrogen) atoms. The molecule has 1 aliphatic rings. The summed E-state index contributed by atoms with van der Waals surface area (Å²) in [6, 6.07) is 13.2. The van der Waals surface area contributed by atoms with Crippen molar-refractivity contribution in [1.82, 2.24) is 0 Å². The van der Waals surface area contributed by atoms with Gasteiger partial charge in [-0.2, -0.15) is 0 Å². The summed E-state index contributed by atoms with van der Waals surface area (Å²) in [7, 11) is 3.18. The van der Waals surface area contributed by atoms with Gasteiger partial charge in [0.1, 0.15) is 11.5 Å². The van der Waals surface area contributed by atoms with Crippen molar-refractivity contribution < 1.29 is 14.3 Å². The minimum absolute atomic E-state index is 0.0160. The lowest BCUT2D eigenvalue weighted by molar-refractivity contribution is -0.120. The molecule has 0 radical (unpaired) electrons. The van der Waals surface area contributed by atoms with Gasteiger partial charge in [-0.1, -0.05) is 17.7 Å². The highest BCUT2D eigenvalue weighted by molar-refractivity contribution is 6.30. The van der Waals surface area contributed by atoms with Crippen LogP contribution >= 0.6 is 11.6 Å². The number of piperidine rings is 1. The number of halogens is 1. The number of ether oxygens (including phenoxy) is 2. The first-order chi connectivity index (χ1) is 12.6. The fraction of sp³-hybridized carbons (Fsp3) is 0.350. The molecule has 0 spiro atoms. The van der Waals surface area contributed by atoms with Crippen molar-refractivity contribution in [3.8, 4) is 11.5 Å². The molecule has 1 N–H and O–H groups in total. The fourth-order valence-electron chi connectivity index (χ4n) is 3.22. The third-order valence-corrected chi connectivity index (χ3v) is 4.94. The summed E-state index contributed by atoms with van der Waals surface area (Å²) in [4.78, 5) is 15.0. The maximum absolute atomic E-state index is 12.7. The van der Waals surface area contributed by atoms with Crippen molar-refractivity contribution in [2.75, 3.05) is 37.5 Å². The Morgan fingerprint density at radius 2 is 1.88 bits per heavy atom. The predicted molar refractivity (Wildman–Crippen MR) is 105 cm³/mol. The summed E-state index contributed by atoms with van der Waals surface area (Å²) in [5.74, 6) is 1.29. The van der Waals surface area contributed by atoms with Crippen LogP contribution in [-0.4, -0.2) is 33.2 Å². The van der Waals surface area contributed by atoms with E-state index in [1.807, 2.05) is 24.3 Å². The number of carbonyl (C=O) groups is 1. The molecule has 6 heteroatoms. The van der Waals surface area contributed by atoms with Crippen molar-refractivity contribution >= 4 is 28.9 Å². The van der Waals surface area contributed by atoms with Crippen LogP contribution in [0.15, 0.2) is 42.5 Å². The van der Waals surface area contributed by atoms with Crippen molar-refractivity contribution in [3.63, 3.8) is 0 Å². The maximum atomic E-state index is 12.7. The van der Waals surface area contributed by atoms with E-state index in [0.717, 1.165) is 36.6 Å². The smallest absolute Gasteiger partial charge is 0.227 e. The highest BCUT2D eigenvalue weighted by atomic mass is 35.5. The summed E-state index contributed by atoms with van der Waals surface area (Å²) >= 11 is 6.07. The van der Waals surface area contributed by atoms with Crippen molar-refractivity contribution in [2.45, 2.75) is 12.8 Å². The van der Waals surface area contributed by atoms with Crippen LogP contribution in [0.5, 0.6) is 11.5 Å². The van der Waals surface area contributed by atoms with E-state index in [1.165, 1.54) is 0 Å². The Kier molecular flexibility index (Phi) is 5.89. The van der Waals surface area contributed by atoms with Crippen molar-refractivity contribution in [1.29, 1.82) is 0 Å². The zero-order valence-corrected chi connectivity index (χ0v) is 15.8. The molecule has 5 nitrogen and oxygen atoms in total. The van der Waals surface area contributed by atoms with Gasteiger partial charge in [0.05, 0.1) is 19.9 Å². The number of anilines is 2. The third-order valence-electron chi connectivity index (χ3n) is 4.70. The van der Waals surface area contributed by atoms with Gasteiger partial charge < -0.3 is 19.7 Å². The highest BCUT2D eigenvalue weighted by Crippen LogP contribution is 2.31. The van der Waals surface area contributed by atoms with Crippen molar-refractivity contribution in [2.24, 2.45) is 5.92 Å². The minimum atomic E-state index is -0.0265. The molecule has 0 aromatic heterocycles. The fourth-order valence-corrected chi connectivity index (χ4v) is 3.40. The average Bonchev–Trinajstić information content (AvgIpc) is 2.68. The van der Waals surface area contributed by atoms with Gasteiger partial charge in [0, 0.05) is 35.8 Å². The Balaban J connectivity index is 1.62. The van der Waals surface area contributed by atoms with E-state index in [-0.39, 0.29) is 11.8 Å². The standard InChI is InChI=1S/C20H23ClN2O3/c1-25-17-6-7-19(26-2)18(13-17)22-20(24)14-8-10-23(11-9-14)16-5-3-4-15(21)12-16/h3-7,12-14H,8-11H2,1-2H3,(H,22,24). The quantitative estimate of drug-likeness (QED) is 0.851. The van der Waals surface area contributed by atoms with Crippen LogP contribution in [0.1, 0.15) is 12.8 Å². The maximum Gasteiger partial charge on any atom is 0.227 e. The largest absolute Gasteiger partial charge is 0.497 e. The molecule has 2 aromatic carbocycles. The Labute approximate surface area is 158 Å². The van der Waals surface area contributed by atoms with Crippen LogP contribution in [0, 0.1) is 5.92 Å². The summed E-state index contributed by atoms with van der Waals surface area (Å²) < 4.78 is 10.6. The first kappa shape index (κ1) is 18.4. The second kappa shape index (κ2) is 8.32. The van der Waals surface area contributed by atoms with Crippen LogP contribution < -0.4 is 19.7 Å². The number of carbonyl (C=O) groups excluding carboxylic acids is 1. The van der Waals surface area contributed by atoms with Gasteiger partial charge in [0.2, 0.25) is 5.91 Å². The zero-order valence-electron chi connectivity index (χ0n) is 15.0. The number of methoxy groups -OCH3 is 2. The van der Waals surface area contributed by atoms with E-state index < -0.39 is 0 Å². The normalized spacial score (nSPS) is 14.8. The topological polar surface area (TPSA) is 50.8 Å². The molecule has 138 valence electrons. The number of benzene rings is 2. The summed E-state index contributed by atoms with van der Waals surface area (Å²) in [6.07, 6.45) is 1.59. The molecule has 1 amide bonds. The van der Waals surface area contributed by atoms with Gasteiger partial charge in [-0.25, -0.2) is 0 Å². The monoisotopic (exact) mass is 374 g/mol. The Hall–Kier alpha value is -2.40. The average molecular weight is 375 g/mol. The van der Waals surface area contributed by atoms with Gasteiger partial charge in [0.15, 0.2) is 0 Å². The van der Waals surface area contributed by atoms with Gasteiger partial charge in [-0.05, 0) is 43.2 Å². The lowest BCUT2D eigenvalue weighted by atomic mass is 9.95. The van der Waals surface area contributed by atoms with E-state index >= 15 is 0 Å². The molecule has 1 aliphatic heterocycles.